The zero-order valence-corrected chi connectivity index (χ0v) is 25.0. The summed E-state index contributed by atoms with van der Waals surface area (Å²) in [5.74, 6) is -0.431. The molecule has 3 aromatic carbocycles. The van der Waals surface area contributed by atoms with Crippen molar-refractivity contribution in [3.63, 3.8) is 0 Å². The topological polar surface area (TPSA) is 12.9 Å². The number of thiophene rings is 1. The van der Waals surface area contributed by atoms with E-state index in [4.69, 9.17) is 0 Å². The third-order valence-corrected chi connectivity index (χ3v) is 8.72. The Kier molecular flexibility index (Phi) is 6.51. The van der Waals surface area contributed by atoms with Crippen LogP contribution in [0.1, 0.15) is 69.4 Å². The van der Waals surface area contributed by atoms with E-state index in [-0.39, 0.29) is 10.8 Å². The Bertz CT molecular complexity index is 1670. The predicted octanol–water partition coefficient (Wildman–Crippen LogP) is 10.7. The first-order chi connectivity index (χ1) is 17.7. The van der Waals surface area contributed by atoms with Gasteiger partial charge in [-0.3, -0.25) is 0 Å². The first-order valence-electron chi connectivity index (χ1n) is 13.5. The van der Waals surface area contributed by atoms with E-state index >= 15 is 4.39 Å². The average Bonchev–Trinajstić information content (AvgIpc) is 3.11. The van der Waals surface area contributed by atoms with E-state index < -0.39 is 5.95 Å². The van der Waals surface area contributed by atoms with Gasteiger partial charge in [-0.15, -0.1) is 11.3 Å². The predicted molar refractivity (Wildman–Crippen MR) is 164 cm³/mol. The summed E-state index contributed by atoms with van der Waals surface area (Å²) in [4.78, 5) is 5.70. The summed E-state index contributed by atoms with van der Waals surface area (Å²) in [7, 11) is 0. The Morgan fingerprint density at radius 3 is 2.11 bits per heavy atom. The van der Waals surface area contributed by atoms with Crippen LogP contribution in [-0.4, -0.2) is 4.98 Å². The summed E-state index contributed by atoms with van der Waals surface area (Å²) in [5, 5.41) is 3.35. The highest BCUT2D eigenvalue weighted by molar-refractivity contribution is 7.23. The van der Waals surface area contributed by atoms with Crippen molar-refractivity contribution < 1.29 is 4.39 Å². The minimum atomic E-state index is -0.431. The molecule has 2 aromatic heterocycles. The third-order valence-electron chi connectivity index (χ3n) is 7.39. The lowest BCUT2D eigenvalue weighted by Gasteiger charge is -2.22. The van der Waals surface area contributed by atoms with Gasteiger partial charge in [0.1, 0.15) is 0 Å². The van der Waals surface area contributed by atoms with Crippen molar-refractivity contribution >= 4 is 32.2 Å². The molecule has 0 aliphatic carbocycles. The lowest BCUT2D eigenvalue weighted by molar-refractivity contribution is 0.411. The van der Waals surface area contributed by atoms with Crippen LogP contribution in [0.5, 0.6) is 0 Å². The molecule has 5 rings (SSSR count). The smallest absolute Gasteiger partial charge is 0.214 e. The number of aryl methyl sites for hydroxylation is 3. The van der Waals surface area contributed by atoms with E-state index in [1.165, 1.54) is 38.1 Å². The summed E-state index contributed by atoms with van der Waals surface area (Å²) < 4.78 is 16.1. The number of nitrogens with zero attached hydrogens (tertiary/aromatic N) is 1. The number of fused-ring (bicyclic) bond motifs is 2. The molecule has 0 atom stereocenters. The van der Waals surface area contributed by atoms with Crippen LogP contribution in [0, 0.1) is 32.1 Å². The fourth-order valence-corrected chi connectivity index (χ4v) is 7.29. The van der Waals surface area contributed by atoms with Crippen molar-refractivity contribution in [2.75, 3.05) is 0 Å². The van der Waals surface area contributed by atoms with Crippen LogP contribution in [0.25, 0.3) is 42.6 Å². The molecular formula is C35H38FNS. The maximum atomic E-state index is 15.1. The quantitative estimate of drug-likeness (QED) is 0.214. The molecule has 0 fully saturated rings. The van der Waals surface area contributed by atoms with Crippen molar-refractivity contribution in [1.82, 2.24) is 4.98 Å². The minimum Gasteiger partial charge on any atom is -0.218 e. The molecule has 0 bridgehead atoms. The van der Waals surface area contributed by atoms with E-state index in [0.29, 0.717) is 0 Å². The molecule has 5 aromatic rings. The van der Waals surface area contributed by atoms with E-state index in [9.17, 15) is 0 Å². The minimum absolute atomic E-state index is 0.0540. The van der Waals surface area contributed by atoms with Crippen LogP contribution in [0.3, 0.4) is 0 Å². The molecule has 0 aliphatic heterocycles. The summed E-state index contributed by atoms with van der Waals surface area (Å²) in [6.45, 7) is 20.1. The number of hydrogen-bond donors (Lipinski definition) is 0. The molecule has 0 unspecified atom stereocenters. The molecule has 0 radical (unpaired) electrons. The summed E-state index contributed by atoms with van der Waals surface area (Å²) >= 11 is 1.74. The SMILES string of the molecule is Cc1cc(CC(C)(C)C)cc(C)c1-c1sc2c(-c3cc(C(C)(C)C)c4ccccc4c3)nc(F)cc2c1C. The van der Waals surface area contributed by atoms with Crippen LogP contribution >= 0.6 is 11.3 Å². The number of halogens is 1. The summed E-state index contributed by atoms with van der Waals surface area (Å²) in [6, 6.07) is 19.1. The molecule has 0 saturated carbocycles. The molecule has 3 heteroatoms. The Labute approximate surface area is 230 Å². The molecule has 38 heavy (non-hydrogen) atoms. The molecule has 0 N–H and O–H groups in total. The number of benzene rings is 3. The molecule has 1 nitrogen and oxygen atoms in total. The Balaban J connectivity index is 1.75. The fourth-order valence-electron chi connectivity index (χ4n) is 5.81. The van der Waals surface area contributed by atoms with Crippen molar-refractivity contribution in [2.45, 2.75) is 74.1 Å². The Morgan fingerprint density at radius 1 is 0.816 bits per heavy atom. The second-order valence-electron chi connectivity index (χ2n) is 13.1. The Hall–Kier alpha value is -3.04. The van der Waals surface area contributed by atoms with Gasteiger partial charge >= 0.3 is 0 Å². The zero-order valence-electron chi connectivity index (χ0n) is 24.1. The molecule has 2 heterocycles. The highest BCUT2D eigenvalue weighted by Crippen LogP contribution is 2.45. The van der Waals surface area contributed by atoms with Gasteiger partial charge in [0, 0.05) is 21.9 Å². The van der Waals surface area contributed by atoms with Gasteiger partial charge in [-0.25, -0.2) is 4.98 Å². The van der Waals surface area contributed by atoms with Gasteiger partial charge in [0.15, 0.2) is 0 Å². The number of rotatable bonds is 3. The van der Waals surface area contributed by atoms with Gasteiger partial charge in [0.2, 0.25) is 5.95 Å². The lowest BCUT2D eigenvalue weighted by Crippen LogP contribution is -2.12. The van der Waals surface area contributed by atoms with Gasteiger partial charge in [-0.1, -0.05) is 77.9 Å². The fraction of sp³-hybridized carbons (Fsp3) is 0.343. The summed E-state index contributed by atoms with van der Waals surface area (Å²) in [5.41, 5.74) is 9.44. The van der Waals surface area contributed by atoms with E-state index in [2.05, 4.69) is 116 Å². The first kappa shape index (κ1) is 26.6. The van der Waals surface area contributed by atoms with Gasteiger partial charge in [-0.05, 0) is 94.3 Å². The number of pyridine rings is 1. The summed E-state index contributed by atoms with van der Waals surface area (Å²) in [6.07, 6.45) is 1.04. The second kappa shape index (κ2) is 9.31. The van der Waals surface area contributed by atoms with E-state index in [0.717, 1.165) is 38.7 Å². The maximum absolute atomic E-state index is 15.1. The third kappa shape index (κ3) is 4.89. The molecule has 0 aliphatic rings. The number of hydrogen-bond acceptors (Lipinski definition) is 2. The van der Waals surface area contributed by atoms with E-state index in [1.54, 1.807) is 17.4 Å². The normalized spacial score (nSPS) is 12.6. The van der Waals surface area contributed by atoms with Crippen molar-refractivity contribution in [2.24, 2.45) is 5.41 Å². The maximum Gasteiger partial charge on any atom is 0.214 e. The van der Waals surface area contributed by atoms with Crippen LogP contribution < -0.4 is 0 Å². The second-order valence-corrected chi connectivity index (χ2v) is 14.1. The Morgan fingerprint density at radius 2 is 1.47 bits per heavy atom. The molecule has 0 saturated heterocycles. The van der Waals surface area contributed by atoms with Gasteiger partial charge < -0.3 is 0 Å². The van der Waals surface area contributed by atoms with Crippen LogP contribution in [0.4, 0.5) is 4.39 Å². The largest absolute Gasteiger partial charge is 0.218 e. The van der Waals surface area contributed by atoms with E-state index in [1.807, 2.05) is 0 Å². The standard InChI is InChI=1S/C35H38FNS/c1-20-14-23(19-34(4,5)6)15-21(2)30(20)32-22(3)27-18-29(36)37-31(33(27)38-32)25-16-24-12-10-11-13-26(24)28(17-25)35(7,8)9/h10-18H,19H2,1-9H3. The molecule has 0 amide bonds. The van der Waals surface area contributed by atoms with Crippen molar-refractivity contribution in [1.29, 1.82) is 0 Å². The first-order valence-corrected chi connectivity index (χ1v) is 14.3. The van der Waals surface area contributed by atoms with Crippen LogP contribution in [0.2, 0.25) is 0 Å². The highest BCUT2D eigenvalue weighted by atomic mass is 32.1. The molecule has 196 valence electrons. The molecular weight excluding hydrogens is 485 g/mol. The monoisotopic (exact) mass is 523 g/mol. The van der Waals surface area contributed by atoms with Gasteiger partial charge in [0.25, 0.3) is 0 Å². The highest BCUT2D eigenvalue weighted by Gasteiger charge is 2.23. The number of aromatic nitrogens is 1. The zero-order chi connectivity index (χ0) is 27.6. The van der Waals surface area contributed by atoms with Crippen molar-refractivity contribution in [3.05, 3.63) is 88.4 Å². The lowest BCUT2D eigenvalue weighted by atomic mass is 9.82. The van der Waals surface area contributed by atoms with Gasteiger partial charge in [0.05, 0.1) is 10.4 Å². The van der Waals surface area contributed by atoms with Crippen LogP contribution in [0.15, 0.2) is 54.6 Å². The molecule has 0 spiro atoms. The van der Waals surface area contributed by atoms with Crippen molar-refractivity contribution in [3.8, 4) is 21.7 Å². The van der Waals surface area contributed by atoms with Crippen LogP contribution in [-0.2, 0) is 11.8 Å². The van der Waals surface area contributed by atoms with Gasteiger partial charge in [-0.2, -0.15) is 4.39 Å². The average molecular weight is 524 g/mol.